The van der Waals surface area contributed by atoms with Crippen molar-refractivity contribution in [2.24, 2.45) is 0 Å². The van der Waals surface area contributed by atoms with Gasteiger partial charge in [-0.05, 0) is 30.5 Å². The lowest BCUT2D eigenvalue weighted by molar-refractivity contribution is -0.274. The number of aliphatic hydroxyl groups is 1. The van der Waals surface area contributed by atoms with E-state index in [4.69, 9.17) is 0 Å². The Bertz CT molecular complexity index is 493. The normalized spacial score (nSPS) is 19.8. The first-order valence-corrected chi connectivity index (χ1v) is 6.87. The van der Waals surface area contributed by atoms with E-state index in [1.165, 1.54) is 24.3 Å². The van der Waals surface area contributed by atoms with Crippen LogP contribution >= 0.6 is 0 Å². The zero-order chi connectivity index (χ0) is 15.5. The van der Waals surface area contributed by atoms with Crippen molar-refractivity contribution in [3.8, 4) is 5.75 Å². The van der Waals surface area contributed by atoms with E-state index in [-0.39, 0.29) is 5.75 Å². The average Bonchev–Trinajstić information content (AvgIpc) is 2.38. The van der Waals surface area contributed by atoms with Crippen molar-refractivity contribution in [3.05, 3.63) is 29.8 Å². The van der Waals surface area contributed by atoms with Gasteiger partial charge in [0.05, 0.1) is 11.5 Å². The maximum atomic E-state index is 12.2. The number of rotatable bonds is 4. The van der Waals surface area contributed by atoms with Gasteiger partial charge in [0.2, 0.25) is 0 Å². The van der Waals surface area contributed by atoms with Gasteiger partial charge in [0.25, 0.3) is 0 Å². The molecule has 1 aliphatic rings. The van der Waals surface area contributed by atoms with Crippen molar-refractivity contribution >= 4 is 6.29 Å². The van der Waals surface area contributed by atoms with Crippen LogP contribution in [0.1, 0.15) is 43.6 Å². The zero-order valence-electron chi connectivity index (χ0n) is 11.4. The maximum absolute atomic E-state index is 12.2. The number of aldehydes is 1. The number of hydrogen-bond acceptors (Lipinski definition) is 3. The molecule has 21 heavy (non-hydrogen) atoms. The summed E-state index contributed by atoms with van der Waals surface area (Å²) in [7, 11) is 0. The molecule has 1 atom stereocenters. The summed E-state index contributed by atoms with van der Waals surface area (Å²) in [6, 6.07) is 5.26. The average molecular weight is 302 g/mol. The summed E-state index contributed by atoms with van der Waals surface area (Å²) in [5, 5.41) is 10.6. The third kappa shape index (κ3) is 3.97. The molecule has 116 valence electrons. The van der Waals surface area contributed by atoms with Gasteiger partial charge in [-0.25, -0.2) is 0 Å². The Labute approximate surface area is 120 Å². The second kappa shape index (κ2) is 6.05. The first-order valence-electron chi connectivity index (χ1n) is 6.87. The van der Waals surface area contributed by atoms with E-state index in [1.54, 1.807) is 0 Å². The highest BCUT2D eigenvalue weighted by Gasteiger charge is 2.39. The lowest BCUT2D eigenvalue weighted by Crippen LogP contribution is -2.39. The summed E-state index contributed by atoms with van der Waals surface area (Å²) in [5.41, 5.74) is -0.840. The molecule has 1 N–H and O–H groups in total. The standard InChI is InChI=1S/C15H17F3O3/c16-15(17,18)21-12-6-4-5-11(9-12)13(10-19)14(20)7-2-1-3-8-14/h4-6,9-10,13,20H,1-3,7-8H2/t13-/m0/s1. The molecule has 0 radical (unpaired) electrons. The van der Waals surface area contributed by atoms with Crippen molar-refractivity contribution < 1.29 is 27.8 Å². The van der Waals surface area contributed by atoms with Gasteiger partial charge in [0.15, 0.2) is 0 Å². The van der Waals surface area contributed by atoms with Gasteiger partial charge in [-0.15, -0.1) is 13.2 Å². The minimum Gasteiger partial charge on any atom is -0.406 e. The number of alkyl halides is 3. The van der Waals surface area contributed by atoms with Crippen LogP contribution in [0.4, 0.5) is 13.2 Å². The van der Waals surface area contributed by atoms with Crippen LogP contribution in [0.5, 0.6) is 5.75 Å². The minimum absolute atomic E-state index is 0.344. The summed E-state index contributed by atoms with van der Waals surface area (Å²) in [4.78, 5) is 11.4. The van der Waals surface area contributed by atoms with Gasteiger partial charge >= 0.3 is 6.36 Å². The molecule has 1 saturated carbocycles. The first kappa shape index (κ1) is 15.8. The van der Waals surface area contributed by atoms with Crippen LogP contribution in [0.3, 0.4) is 0 Å². The van der Waals surface area contributed by atoms with Crippen LogP contribution in [-0.4, -0.2) is 23.4 Å². The molecule has 1 aliphatic carbocycles. The summed E-state index contributed by atoms with van der Waals surface area (Å²) in [6.45, 7) is 0. The van der Waals surface area contributed by atoms with E-state index in [0.717, 1.165) is 19.3 Å². The predicted octanol–water partition coefficient (Wildman–Crippen LogP) is 3.56. The van der Waals surface area contributed by atoms with Gasteiger partial charge in [-0.1, -0.05) is 31.4 Å². The summed E-state index contributed by atoms with van der Waals surface area (Å²) < 4.78 is 40.6. The van der Waals surface area contributed by atoms with E-state index in [0.29, 0.717) is 24.7 Å². The minimum atomic E-state index is -4.78. The van der Waals surface area contributed by atoms with Crippen LogP contribution < -0.4 is 4.74 Å². The maximum Gasteiger partial charge on any atom is 0.573 e. The zero-order valence-corrected chi connectivity index (χ0v) is 11.4. The third-order valence-electron chi connectivity index (χ3n) is 3.89. The first-order chi connectivity index (χ1) is 9.84. The third-order valence-corrected chi connectivity index (χ3v) is 3.89. The second-order valence-corrected chi connectivity index (χ2v) is 5.40. The molecule has 1 fully saturated rings. The fourth-order valence-electron chi connectivity index (χ4n) is 2.90. The number of ether oxygens (including phenoxy) is 1. The molecule has 0 bridgehead atoms. The molecule has 0 amide bonds. The summed E-state index contributed by atoms with van der Waals surface area (Å²) in [6.07, 6.45) is -0.624. The Kier molecular flexibility index (Phi) is 4.56. The molecule has 6 heteroatoms. The molecular weight excluding hydrogens is 285 g/mol. The summed E-state index contributed by atoms with van der Waals surface area (Å²) in [5.74, 6) is -1.22. The van der Waals surface area contributed by atoms with Crippen molar-refractivity contribution in [2.45, 2.75) is 50.0 Å². The predicted molar refractivity (Wildman–Crippen MR) is 70.0 cm³/mol. The van der Waals surface area contributed by atoms with Crippen LogP contribution in [-0.2, 0) is 4.79 Å². The molecule has 0 aliphatic heterocycles. The van der Waals surface area contributed by atoms with Gasteiger partial charge < -0.3 is 14.6 Å². The summed E-state index contributed by atoms with van der Waals surface area (Å²) >= 11 is 0. The fraction of sp³-hybridized carbons (Fsp3) is 0.533. The van der Waals surface area contributed by atoms with Crippen LogP contribution in [0.25, 0.3) is 0 Å². The Morgan fingerprint density at radius 3 is 2.48 bits per heavy atom. The topological polar surface area (TPSA) is 46.5 Å². The molecule has 0 aromatic heterocycles. The SMILES string of the molecule is O=C[C@@H](c1cccc(OC(F)(F)F)c1)C1(O)CCCCC1. The molecule has 2 rings (SSSR count). The molecule has 1 aromatic rings. The van der Waals surface area contributed by atoms with Gasteiger partial charge in [-0.3, -0.25) is 0 Å². The van der Waals surface area contributed by atoms with Crippen LogP contribution in [0.2, 0.25) is 0 Å². The van der Waals surface area contributed by atoms with Crippen LogP contribution in [0, 0.1) is 0 Å². The highest BCUT2D eigenvalue weighted by Crippen LogP contribution is 2.39. The molecule has 1 aromatic carbocycles. The van der Waals surface area contributed by atoms with Crippen molar-refractivity contribution in [1.82, 2.24) is 0 Å². The lowest BCUT2D eigenvalue weighted by atomic mass is 9.73. The molecule has 3 nitrogen and oxygen atoms in total. The largest absolute Gasteiger partial charge is 0.573 e. The number of halogens is 3. The van der Waals surface area contributed by atoms with Gasteiger partial charge in [0, 0.05) is 0 Å². The highest BCUT2D eigenvalue weighted by molar-refractivity contribution is 5.65. The number of hydrogen-bond donors (Lipinski definition) is 1. The van der Waals surface area contributed by atoms with Crippen molar-refractivity contribution in [2.75, 3.05) is 0 Å². The monoisotopic (exact) mass is 302 g/mol. The van der Waals surface area contributed by atoms with Crippen LogP contribution in [0.15, 0.2) is 24.3 Å². The molecular formula is C15H17F3O3. The molecule has 0 spiro atoms. The smallest absolute Gasteiger partial charge is 0.406 e. The fourth-order valence-corrected chi connectivity index (χ4v) is 2.90. The number of benzene rings is 1. The Morgan fingerprint density at radius 2 is 1.90 bits per heavy atom. The van der Waals surface area contributed by atoms with E-state index < -0.39 is 17.9 Å². The Morgan fingerprint density at radius 1 is 1.24 bits per heavy atom. The van der Waals surface area contributed by atoms with Gasteiger partial charge in [0.1, 0.15) is 12.0 Å². The Hall–Kier alpha value is -1.56. The van der Waals surface area contributed by atoms with E-state index in [1.807, 2.05) is 0 Å². The van der Waals surface area contributed by atoms with Crippen molar-refractivity contribution in [3.63, 3.8) is 0 Å². The van der Waals surface area contributed by atoms with Crippen molar-refractivity contribution in [1.29, 1.82) is 0 Å². The molecule has 0 saturated heterocycles. The quantitative estimate of drug-likeness (QED) is 0.865. The Balaban J connectivity index is 2.26. The number of carbonyl (C=O) groups excluding carboxylic acids is 1. The van der Waals surface area contributed by atoms with Gasteiger partial charge in [-0.2, -0.15) is 0 Å². The highest BCUT2D eigenvalue weighted by atomic mass is 19.4. The second-order valence-electron chi connectivity index (χ2n) is 5.40. The number of carbonyl (C=O) groups is 1. The van der Waals surface area contributed by atoms with E-state index in [9.17, 15) is 23.1 Å². The van der Waals surface area contributed by atoms with E-state index >= 15 is 0 Å². The lowest BCUT2D eigenvalue weighted by Gasteiger charge is -2.36. The molecule has 0 heterocycles. The molecule has 0 unspecified atom stereocenters. The van der Waals surface area contributed by atoms with E-state index in [2.05, 4.69) is 4.74 Å².